The van der Waals surface area contributed by atoms with Gasteiger partial charge in [0.15, 0.2) is 11.5 Å². The van der Waals surface area contributed by atoms with Gasteiger partial charge in [0.2, 0.25) is 0 Å². The van der Waals surface area contributed by atoms with Crippen LogP contribution in [0.4, 0.5) is 0 Å². The average Bonchev–Trinajstić information content (AvgIpc) is 3.11. The van der Waals surface area contributed by atoms with Crippen LogP contribution in [0.25, 0.3) is 10.6 Å². The van der Waals surface area contributed by atoms with Gasteiger partial charge in [-0.2, -0.15) is 0 Å². The summed E-state index contributed by atoms with van der Waals surface area (Å²) in [6.45, 7) is 7.46. The molecule has 0 aliphatic heterocycles. The van der Waals surface area contributed by atoms with Crippen molar-refractivity contribution in [3.63, 3.8) is 0 Å². The number of nitrogens with zero attached hydrogens (tertiary/aromatic N) is 1. The largest absolute Gasteiger partial charge is 0.456 e. The Bertz CT molecular complexity index is 1010. The van der Waals surface area contributed by atoms with Gasteiger partial charge in [-0.15, -0.1) is 11.3 Å². The highest BCUT2D eigenvalue weighted by Gasteiger charge is 2.17. The van der Waals surface area contributed by atoms with Gasteiger partial charge in [-0.25, -0.2) is 9.78 Å². The summed E-state index contributed by atoms with van der Waals surface area (Å²) in [5.41, 5.74) is 5.66. The Kier molecular flexibility index (Phi) is 5.51. The van der Waals surface area contributed by atoms with E-state index in [-0.39, 0.29) is 12.4 Å². The van der Waals surface area contributed by atoms with Gasteiger partial charge in [0.25, 0.3) is 0 Å². The summed E-state index contributed by atoms with van der Waals surface area (Å²) < 4.78 is 5.49. The molecule has 3 aromatic rings. The van der Waals surface area contributed by atoms with Crippen molar-refractivity contribution in [1.82, 2.24) is 4.98 Å². The van der Waals surface area contributed by atoms with Crippen LogP contribution in [-0.4, -0.2) is 16.7 Å². The first kappa shape index (κ1) is 19.0. The number of hydrogen-bond acceptors (Lipinski definition) is 5. The smallest absolute Gasteiger partial charge is 0.358 e. The summed E-state index contributed by atoms with van der Waals surface area (Å²) in [6, 6.07) is 11.7. The fraction of sp³-hybridized carbons (Fsp3) is 0.227. The van der Waals surface area contributed by atoms with E-state index in [9.17, 15) is 9.59 Å². The molecule has 27 heavy (non-hydrogen) atoms. The third kappa shape index (κ3) is 3.98. The number of carbonyl (C=O) groups is 2. The van der Waals surface area contributed by atoms with Crippen molar-refractivity contribution in [3.8, 4) is 10.6 Å². The van der Waals surface area contributed by atoms with Crippen LogP contribution in [0, 0.1) is 20.8 Å². The van der Waals surface area contributed by atoms with Gasteiger partial charge in [-0.3, -0.25) is 4.79 Å². The van der Waals surface area contributed by atoms with E-state index in [0.717, 1.165) is 32.8 Å². The van der Waals surface area contributed by atoms with Crippen LogP contribution in [0.3, 0.4) is 0 Å². The van der Waals surface area contributed by atoms with E-state index in [1.54, 1.807) is 12.3 Å². The van der Waals surface area contributed by atoms with Crippen molar-refractivity contribution < 1.29 is 14.3 Å². The molecule has 0 unspecified atom stereocenters. The fourth-order valence-corrected chi connectivity index (χ4v) is 4.08. The van der Waals surface area contributed by atoms with E-state index in [2.05, 4.69) is 4.98 Å². The van der Waals surface area contributed by atoms with Gasteiger partial charge >= 0.3 is 5.97 Å². The molecule has 3 rings (SSSR count). The highest BCUT2D eigenvalue weighted by Crippen LogP contribution is 2.26. The molecule has 0 radical (unpaired) electrons. The molecule has 0 aliphatic rings. The van der Waals surface area contributed by atoms with Crippen LogP contribution < -0.4 is 0 Å². The van der Waals surface area contributed by atoms with Gasteiger partial charge in [0.1, 0.15) is 11.6 Å². The monoisotopic (exact) mass is 379 g/mol. The quantitative estimate of drug-likeness (QED) is 0.446. The van der Waals surface area contributed by atoms with Crippen molar-refractivity contribution in [2.24, 2.45) is 0 Å². The lowest BCUT2D eigenvalue weighted by Gasteiger charge is -2.15. The van der Waals surface area contributed by atoms with Gasteiger partial charge in [0, 0.05) is 16.5 Å². The summed E-state index contributed by atoms with van der Waals surface area (Å²) in [6.07, 6.45) is 0. The van der Waals surface area contributed by atoms with Gasteiger partial charge in [0.05, 0.1) is 0 Å². The number of ketones is 1. The van der Waals surface area contributed by atoms with Crippen LogP contribution in [-0.2, 0) is 11.3 Å². The lowest BCUT2D eigenvalue weighted by molar-refractivity contribution is 0.0465. The number of hydrogen-bond donors (Lipinski definition) is 0. The Morgan fingerprint density at radius 3 is 2.44 bits per heavy atom. The molecule has 0 N–H and O–H groups in total. The van der Waals surface area contributed by atoms with E-state index in [0.29, 0.717) is 11.3 Å². The first-order chi connectivity index (χ1) is 12.9. The zero-order chi connectivity index (χ0) is 19.6. The molecular formula is C22H21NO3S. The third-order valence-corrected chi connectivity index (χ3v) is 5.46. The molecule has 0 fully saturated rings. The molecule has 138 valence electrons. The molecule has 0 aliphatic carbocycles. The number of thiazole rings is 1. The molecule has 0 atom stereocenters. The van der Waals surface area contributed by atoms with Crippen LogP contribution in [0.5, 0.6) is 0 Å². The summed E-state index contributed by atoms with van der Waals surface area (Å²) in [5.74, 6) is -0.443. The maximum Gasteiger partial charge on any atom is 0.358 e. The third-order valence-electron chi connectivity index (χ3n) is 4.56. The molecule has 5 heteroatoms. The van der Waals surface area contributed by atoms with Gasteiger partial charge in [-0.1, -0.05) is 36.4 Å². The van der Waals surface area contributed by atoms with E-state index in [1.165, 1.54) is 11.3 Å². The molecule has 1 heterocycles. The standard InChI is InChI=1S/C22H21NO3S/c1-13-10-14(2)20(16(4)24)15(3)18(13)11-26-22(25)19-12-27-21(23-19)17-8-6-5-7-9-17/h5-10,12H,11H2,1-4H3. The molecule has 0 amide bonds. The second kappa shape index (κ2) is 7.84. The second-order valence-corrected chi connectivity index (χ2v) is 7.38. The Morgan fingerprint density at radius 1 is 1.07 bits per heavy atom. The van der Waals surface area contributed by atoms with Crippen LogP contribution in [0.1, 0.15) is 50.0 Å². The van der Waals surface area contributed by atoms with Gasteiger partial charge < -0.3 is 4.74 Å². The molecular weight excluding hydrogens is 358 g/mol. The first-order valence-electron chi connectivity index (χ1n) is 8.67. The SMILES string of the molecule is CC(=O)c1c(C)cc(C)c(COC(=O)c2csc(-c3ccccc3)n2)c1C. The molecule has 0 saturated carbocycles. The zero-order valence-electron chi connectivity index (χ0n) is 15.8. The Labute approximate surface area is 162 Å². The number of Topliss-reactive ketones (excluding diaryl/α,β-unsaturated/α-hetero) is 1. The topological polar surface area (TPSA) is 56.3 Å². The average molecular weight is 379 g/mol. The molecule has 0 saturated heterocycles. The van der Waals surface area contributed by atoms with E-state index < -0.39 is 5.97 Å². The number of ether oxygens (including phenoxy) is 1. The Hall–Kier alpha value is -2.79. The molecule has 2 aromatic carbocycles. The van der Waals surface area contributed by atoms with Crippen molar-refractivity contribution in [3.05, 3.63) is 75.3 Å². The normalized spacial score (nSPS) is 10.7. The van der Waals surface area contributed by atoms with Crippen LogP contribution >= 0.6 is 11.3 Å². The molecule has 4 nitrogen and oxygen atoms in total. The number of carbonyl (C=O) groups excluding carboxylic acids is 2. The number of benzene rings is 2. The summed E-state index contributed by atoms with van der Waals surface area (Å²) >= 11 is 1.41. The predicted molar refractivity (Wildman–Crippen MR) is 107 cm³/mol. The Morgan fingerprint density at radius 2 is 1.78 bits per heavy atom. The van der Waals surface area contributed by atoms with E-state index in [1.807, 2.05) is 57.2 Å². The minimum atomic E-state index is -0.461. The van der Waals surface area contributed by atoms with Crippen LogP contribution in [0.15, 0.2) is 41.8 Å². The summed E-state index contributed by atoms with van der Waals surface area (Å²) in [4.78, 5) is 28.7. The highest BCUT2D eigenvalue weighted by atomic mass is 32.1. The lowest BCUT2D eigenvalue weighted by atomic mass is 9.92. The minimum absolute atomic E-state index is 0.0181. The number of aryl methyl sites for hydroxylation is 2. The van der Waals surface area contributed by atoms with E-state index >= 15 is 0 Å². The minimum Gasteiger partial charge on any atom is -0.456 e. The highest BCUT2D eigenvalue weighted by molar-refractivity contribution is 7.13. The van der Waals surface area contributed by atoms with Crippen molar-refractivity contribution in [1.29, 1.82) is 0 Å². The summed E-state index contributed by atoms with van der Waals surface area (Å²) in [5, 5.41) is 2.49. The fourth-order valence-electron chi connectivity index (χ4n) is 3.28. The number of aromatic nitrogens is 1. The maximum absolute atomic E-state index is 12.4. The van der Waals surface area contributed by atoms with Gasteiger partial charge in [-0.05, 0) is 49.9 Å². The number of rotatable bonds is 5. The van der Waals surface area contributed by atoms with E-state index in [4.69, 9.17) is 4.74 Å². The van der Waals surface area contributed by atoms with Crippen molar-refractivity contribution in [2.45, 2.75) is 34.3 Å². The summed E-state index contributed by atoms with van der Waals surface area (Å²) in [7, 11) is 0. The number of esters is 1. The zero-order valence-corrected chi connectivity index (χ0v) is 16.6. The van der Waals surface area contributed by atoms with Crippen LogP contribution in [0.2, 0.25) is 0 Å². The first-order valence-corrected chi connectivity index (χ1v) is 9.55. The maximum atomic E-state index is 12.4. The molecule has 1 aromatic heterocycles. The van der Waals surface area contributed by atoms with Crippen molar-refractivity contribution in [2.75, 3.05) is 0 Å². The predicted octanol–water partition coefficient (Wildman–Crippen LogP) is 5.29. The van der Waals surface area contributed by atoms with Crippen molar-refractivity contribution >= 4 is 23.1 Å². The Balaban J connectivity index is 1.78. The lowest BCUT2D eigenvalue weighted by Crippen LogP contribution is -2.10. The molecule has 0 spiro atoms. The second-order valence-electron chi connectivity index (χ2n) is 6.53. The molecule has 0 bridgehead atoms.